The van der Waals surface area contributed by atoms with E-state index in [0.717, 1.165) is 16.7 Å². The third-order valence-electron chi connectivity index (χ3n) is 2.81. The highest BCUT2D eigenvalue weighted by molar-refractivity contribution is 5.95. The van der Waals surface area contributed by atoms with Crippen LogP contribution in [0.2, 0.25) is 0 Å². The number of nitrogens with one attached hydrogen (secondary N) is 2. The number of carbonyl (C=O) groups is 1. The topological polar surface area (TPSA) is 70.7 Å². The summed E-state index contributed by atoms with van der Waals surface area (Å²) in [5, 5.41) is 9.16. The SMILES string of the molecule is C/C(=C/C(=O)NCc1ncn[nH]1)c1ccccc1C. The second kappa shape index (κ2) is 5.95. The maximum absolute atomic E-state index is 11.8. The minimum atomic E-state index is -0.142. The summed E-state index contributed by atoms with van der Waals surface area (Å²) < 4.78 is 0. The lowest BCUT2D eigenvalue weighted by molar-refractivity contribution is -0.116. The van der Waals surface area contributed by atoms with Crippen molar-refractivity contribution in [2.24, 2.45) is 0 Å². The summed E-state index contributed by atoms with van der Waals surface area (Å²) in [4.78, 5) is 15.7. The Labute approximate surface area is 111 Å². The van der Waals surface area contributed by atoms with E-state index in [1.54, 1.807) is 6.08 Å². The van der Waals surface area contributed by atoms with Crippen LogP contribution in [-0.2, 0) is 11.3 Å². The van der Waals surface area contributed by atoms with Crippen molar-refractivity contribution in [1.82, 2.24) is 20.5 Å². The number of carbonyl (C=O) groups excluding carboxylic acids is 1. The molecule has 1 aromatic heterocycles. The fourth-order valence-corrected chi connectivity index (χ4v) is 1.83. The monoisotopic (exact) mass is 256 g/mol. The summed E-state index contributed by atoms with van der Waals surface area (Å²) >= 11 is 0. The quantitative estimate of drug-likeness (QED) is 0.820. The van der Waals surface area contributed by atoms with E-state index < -0.39 is 0 Å². The van der Waals surface area contributed by atoms with Gasteiger partial charge in [0.15, 0.2) is 0 Å². The van der Waals surface area contributed by atoms with Crippen LogP contribution in [0, 0.1) is 6.92 Å². The van der Waals surface area contributed by atoms with E-state index in [-0.39, 0.29) is 5.91 Å². The summed E-state index contributed by atoms with van der Waals surface area (Å²) in [6.07, 6.45) is 3.01. The van der Waals surface area contributed by atoms with Crippen molar-refractivity contribution >= 4 is 11.5 Å². The number of benzene rings is 1. The van der Waals surface area contributed by atoms with Gasteiger partial charge in [0, 0.05) is 6.08 Å². The van der Waals surface area contributed by atoms with Crippen molar-refractivity contribution < 1.29 is 4.79 Å². The van der Waals surface area contributed by atoms with E-state index in [1.165, 1.54) is 6.33 Å². The first-order chi connectivity index (χ1) is 9.16. The second-order valence-corrected chi connectivity index (χ2v) is 4.29. The van der Waals surface area contributed by atoms with Gasteiger partial charge in [-0.05, 0) is 30.5 Å². The zero-order chi connectivity index (χ0) is 13.7. The average molecular weight is 256 g/mol. The maximum Gasteiger partial charge on any atom is 0.244 e. The first kappa shape index (κ1) is 13.0. The molecule has 2 aromatic rings. The van der Waals surface area contributed by atoms with Crippen LogP contribution in [0.3, 0.4) is 0 Å². The molecule has 0 spiro atoms. The number of amides is 1. The molecule has 5 nitrogen and oxygen atoms in total. The Morgan fingerprint density at radius 1 is 1.42 bits per heavy atom. The number of hydrogen-bond donors (Lipinski definition) is 2. The van der Waals surface area contributed by atoms with Crippen molar-refractivity contribution in [2.75, 3.05) is 0 Å². The zero-order valence-electron chi connectivity index (χ0n) is 11.0. The lowest BCUT2D eigenvalue weighted by Gasteiger charge is -2.06. The first-order valence-corrected chi connectivity index (χ1v) is 6.03. The Kier molecular flexibility index (Phi) is 4.07. The summed E-state index contributed by atoms with van der Waals surface area (Å²) in [6.45, 7) is 4.30. The smallest absolute Gasteiger partial charge is 0.244 e. The van der Waals surface area contributed by atoms with Crippen LogP contribution in [-0.4, -0.2) is 21.1 Å². The molecule has 0 aliphatic carbocycles. The molecule has 1 aromatic carbocycles. The van der Waals surface area contributed by atoms with Gasteiger partial charge in [0.1, 0.15) is 12.2 Å². The van der Waals surface area contributed by atoms with Gasteiger partial charge < -0.3 is 5.32 Å². The number of aryl methyl sites for hydroxylation is 1. The van der Waals surface area contributed by atoms with Crippen molar-refractivity contribution in [2.45, 2.75) is 20.4 Å². The standard InChI is InChI=1S/C14H16N4O/c1-10-5-3-4-6-12(10)11(2)7-14(19)15-8-13-16-9-17-18-13/h3-7,9H,8H2,1-2H3,(H,15,19)(H,16,17,18)/b11-7-. The molecular formula is C14H16N4O. The van der Waals surface area contributed by atoms with Crippen LogP contribution < -0.4 is 5.32 Å². The highest BCUT2D eigenvalue weighted by atomic mass is 16.1. The number of nitrogens with zero attached hydrogens (tertiary/aromatic N) is 2. The Bertz CT molecular complexity index is 587. The zero-order valence-corrected chi connectivity index (χ0v) is 11.0. The summed E-state index contributed by atoms with van der Waals surface area (Å²) in [7, 11) is 0. The van der Waals surface area contributed by atoms with Gasteiger partial charge in [-0.3, -0.25) is 9.89 Å². The minimum Gasteiger partial charge on any atom is -0.345 e. The molecule has 2 rings (SSSR count). The van der Waals surface area contributed by atoms with E-state index in [2.05, 4.69) is 20.5 Å². The van der Waals surface area contributed by atoms with E-state index in [1.807, 2.05) is 38.1 Å². The summed E-state index contributed by atoms with van der Waals surface area (Å²) in [5.74, 6) is 0.493. The third kappa shape index (κ3) is 3.51. The lowest BCUT2D eigenvalue weighted by atomic mass is 10.0. The lowest BCUT2D eigenvalue weighted by Crippen LogP contribution is -2.21. The van der Waals surface area contributed by atoms with Crippen LogP contribution in [0.4, 0.5) is 0 Å². The highest BCUT2D eigenvalue weighted by Gasteiger charge is 2.03. The molecule has 0 aliphatic heterocycles. The molecular weight excluding hydrogens is 240 g/mol. The Hall–Kier alpha value is -2.43. The Morgan fingerprint density at radius 3 is 2.89 bits per heavy atom. The molecule has 1 amide bonds. The molecule has 0 aliphatic rings. The van der Waals surface area contributed by atoms with Gasteiger partial charge in [-0.1, -0.05) is 24.3 Å². The number of aromatic nitrogens is 3. The van der Waals surface area contributed by atoms with Crippen molar-refractivity contribution in [3.8, 4) is 0 Å². The van der Waals surface area contributed by atoms with E-state index in [9.17, 15) is 4.79 Å². The molecule has 0 saturated carbocycles. The van der Waals surface area contributed by atoms with Gasteiger partial charge in [-0.2, -0.15) is 5.10 Å². The maximum atomic E-state index is 11.8. The average Bonchev–Trinajstić information content (AvgIpc) is 2.90. The molecule has 2 N–H and O–H groups in total. The Morgan fingerprint density at radius 2 is 2.21 bits per heavy atom. The molecule has 19 heavy (non-hydrogen) atoms. The van der Waals surface area contributed by atoms with Crippen molar-refractivity contribution in [1.29, 1.82) is 0 Å². The van der Waals surface area contributed by atoms with Gasteiger partial charge >= 0.3 is 0 Å². The van der Waals surface area contributed by atoms with Gasteiger partial charge in [-0.25, -0.2) is 4.98 Å². The van der Waals surface area contributed by atoms with Gasteiger partial charge in [0.25, 0.3) is 0 Å². The number of rotatable bonds is 4. The fraction of sp³-hybridized carbons (Fsp3) is 0.214. The fourth-order valence-electron chi connectivity index (χ4n) is 1.83. The predicted molar refractivity (Wildman–Crippen MR) is 73.1 cm³/mol. The van der Waals surface area contributed by atoms with E-state index >= 15 is 0 Å². The molecule has 0 unspecified atom stereocenters. The molecule has 0 bridgehead atoms. The molecule has 5 heteroatoms. The summed E-state index contributed by atoms with van der Waals surface area (Å²) in [5.41, 5.74) is 3.17. The molecule has 98 valence electrons. The summed E-state index contributed by atoms with van der Waals surface area (Å²) in [6, 6.07) is 7.98. The predicted octanol–water partition coefficient (Wildman–Crippen LogP) is 1.83. The third-order valence-corrected chi connectivity index (χ3v) is 2.81. The Balaban J connectivity index is 2.00. The second-order valence-electron chi connectivity index (χ2n) is 4.29. The van der Waals surface area contributed by atoms with Crippen molar-refractivity contribution in [3.63, 3.8) is 0 Å². The number of H-pyrrole nitrogens is 1. The normalized spacial score (nSPS) is 11.4. The molecule has 0 radical (unpaired) electrons. The molecule has 0 atom stereocenters. The minimum absolute atomic E-state index is 0.142. The number of aromatic amines is 1. The largest absolute Gasteiger partial charge is 0.345 e. The highest BCUT2D eigenvalue weighted by Crippen LogP contribution is 2.17. The molecule has 0 saturated heterocycles. The van der Waals surface area contributed by atoms with Crippen LogP contribution in [0.15, 0.2) is 36.7 Å². The van der Waals surface area contributed by atoms with Gasteiger partial charge in [0.05, 0.1) is 6.54 Å². The van der Waals surface area contributed by atoms with E-state index in [0.29, 0.717) is 12.4 Å². The van der Waals surface area contributed by atoms with Crippen LogP contribution >= 0.6 is 0 Å². The molecule has 0 fully saturated rings. The van der Waals surface area contributed by atoms with Crippen LogP contribution in [0.5, 0.6) is 0 Å². The van der Waals surface area contributed by atoms with Crippen LogP contribution in [0.25, 0.3) is 5.57 Å². The first-order valence-electron chi connectivity index (χ1n) is 6.03. The van der Waals surface area contributed by atoms with Gasteiger partial charge in [-0.15, -0.1) is 0 Å². The van der Waals surface area contributed by atoms with Gasteiger partial charge in [0.2, 0.25) is 5.91 Å². The van der Waals surface area contributed by atoms with E-state index in [4.69, 9.17) is 0 Å². The van der Waals surface area contributed by atoms with Crippen molar-refractivity contribution in [3.05, 3.63) is 53.6 Å². The van der Waals surface area contributed by atoms with Crippen LogP contribution in [0.1, 0.15) is 23.9 Å². The molecule has 1 heterocycles. The number of hydrogen-bond acceptors (Lipinski definition) is 3. The number of allylic oxidation sites excluding steroid dienone is 1.